The van der Waals surface area contributed by atoms with E-state index in [1.54, 1.807) is 36.3 Å². The Kier molecular flexibility index (Phi) is 12.8. The molecular weight excluding hydrogens is 781 g/mol. The summed E-state index contributed by atoms with van der Waals surface area (Å²) in [7, 11) is -0.943. The average molecular weight is 841 g/mol. The van der Waals surface area contributed by atoms with E-state index >= 15 is 4.79 Å². The molecule has 4 aromatic rings. The third-order valence-electron chi connectivity index (χ3n) is 13.2. The van der Waals surface area contributed by atoms with Crippen molar-refractivity contribution < 1.29 is 29.0 Å². The van der Waals surface area contributed by atoms with Crippen molar-refractivity contribution in [3.63, 3.8) is 0 Å². The van der Waals surface area contributed by atoms with E-state index in [0.29, 0.717) is 42.0 Å². The van der Waals surface area contributed by atoms with Crippen molar-refractivity contribution in [1.29, 1.82) is 0 Å². The molecule has 0 bridgehead atoms. The van der Waals surface area contributed by atoms with E-state index in [0.717, 1.165) is 40.6 Å². The summed E-state index contributed by atoms with van der Waals surface area (Å²) >= 11 is 0. The highest BCUT2D eigenvalue weighted by molar-refractivity contribution is 6.91. The Morgan fingerprint density at radius 3 is 2.36 bits per heavy atom. The largest absolute Gasteiger partial charge is 0.497 e. The predicted molar refractivity (Wildman–Crippen MR) is 246 cm³/mol. The first-order chi connectivity index (χ1) is 29.2. The SMILES string of the molecule is COc1ccc([Si](C)(C)[C@H]2[C@H](CC(=O)N3Cc4ccccc4C[C@H]3CO)O[C@@]3(C(=O)N(C/C=C(\C)CCC=C(C)C)c4ccc(NC(=O)c5ccc(N)cc5)cc43)[C@@H]2C)cc1. The standard InChI is InChI=1S/C50H60N4O6Si/c1-32(2)11-10-12-33(3)25-26-53-44-24-19-39(52-48(57)35-15-17-38(51)18-16-35)28-43(44)50(49(53)58)34(4)47(61(6,7)42-22-20-41(59-5)21-23-42)45(60-50)29-46(56)54-30-37-14-9-8-13-36(37)27-40(54)31-55/h8-9,11,13-25,28,34,40,45,47,55H,10,12,26-27,29-31,51H2,1-7H3,(H,52,57)/b33-25+/t34-,40+,45+,47-,50+/m1/s1. The lowest BCUT2D eigenvalue weighted by Crippen LogP contribution is -2.52. The molecule has 7 rings (SSSR count). The van der Waals surface area contributed by atoms with Gasteiger partial charge in [0.2, 0.25) is 5.91 Å². The van der Waals surface area contributed by atoms with Crippen LogP contribution in [0.5, 0.6) is 5.75 Å². The molecule has 0 aromatic heterocycles. The molecule has 0 saturated carbocycles. The first-order valence-corrected chi connectivity index (χ1v) is 24.5. The number of anilines is 3. The third-order valence-corrected chi connectivity index (χ3v) is 17.6. The number of hydrogen-bond donors (Lipinski definition) is 3. The van der Waals surface area contributed by atoms with Gasteiger partial charge in [0, 0.05) is 41.5 Å². The molecular formula is C50H60N4O6Si. The van der Waals surface area contributed by atoms with Gasteiger partial charge in [-0.1, -0.05) is 84.9 Å². The summed E-state index contributed by atoms with van der Waals surface area (Å²) in [6, 6.07) is 28.2. The van der Waals surface area contributed by atoms with Crippen LogP contribution in [0.15, 0.2) is 114 Å². The number of nitrogen functional groups attached to an aromatic ring is 1. The lowest BCUT2D eigenvalue weighted by Gasteiger charge is -2.39. The highest BCUT2D eigenvalue weighted by atomic mass is 28.3. The number of methoxy groups -OCH3 is 1. The minimum Gasteiger partial charge on any atom is -0.497 e. The van der Waals surface area contributed by atoms with Gasteiger partial charge in [-0.15, -0.1) is 0 Å². The molecule has 10 nitrogen and oxygen atoms in total. The minimum atomic E-state index is -2.59. The maximum atomic E-state index is 15.5. The van der Waals surface area contributed by atoms with Crippen LogP contribution in [0.2, 0.25) is 18.6 Å². The number of nitrogens with one attached hydrogen (secondary N) is 1. The van der Waals surface area contributed by atoms with Gasteiger partial charge in [0.05, 0.1) is 46.0 Å². The van der Waals surface area contributed by atoms with E-state index in [-0.39, 0.29) is 48.3 Å². The second-order valence-corrected chi connectivity index (χ2v) is 22.5. The summed E-state index contributed by atoms with van der Waals surface area (Å²) in [5, 5.41) is 14.8. The Labute approximate surface area is 361 Å². The van der Waals surface area contributed by atoms with E-state index in [1.165, 1.54) is 11.1 Å². The van der Waals surface area contributed by atoms with Crippen LogP contribution in [0, 0.1) is 5.92 Å². The van der Waals surface area contributed by atoms with E-state index in [1.807, 2.05) is 53.4 Å². The molecule has 5 atom stereocenters. The first-order valence-electron chi connectivity index (χ1n) is 21.4. The minimum absolute atomic E-state index is 0.0432. The molecule has 3 aliphatic rings. The van der Waals surface area contributed by atoms with Gasteiger partial charge >= 0.3 is 0 Å². The fourth-order valence-electron chi connectivity index (χ4n) is 9.88. The number of carbonyl (C=O) groups is 3. The monoisotopic (exact) mass is 840 g/mol. The Morgan fingerprint density at radius 2 is 1.69 bits per heavy atom. The maximum absolute atomic E-state index is 15.5. The quantitative estimate of drug-likeness (QED) is 0.0704. The number of ether oxygens (including phenoxy) is 2. The number of carbonyl (C=O) groups excluding carboxylic acids is 3. The highest BCUT2D eigenvalue weighted by Crippen LogP contribution is 2.60. The second kappa shape index (κ2) is 17.8. The summed E-state index contributed by atoms with van der Waals surface area (Å²) in [5.74, 6) is -0.214. The Hall–Kier alpha value is -5.49. The first kappa shape index (κ1) is 43.6. The van der Waals surface area contributed by atoms with Crippen molar-refractivity contribution in [3.05, 3.63) is 137 Å². The number of hydrogen-bond acceptors (Lipinski definition) is 7. The highest BCUT2D eigenvalue weighted by Gasteiger charge is 2.66. The Morgan fingerprint density at radius 1 is 0.984 bits per heavy atom. The maximum Gasteiger partial charge on any atom is 0.264 e. The van der Waals surface area contributed by atoms with Crippen LogP contribution in [0.3, 0.4) is 0 Å². The molecule has 11 heteroatoms. The van der Waals surface area contributed by atoms with Crippen molar-refractivity contribution in [2.45, 2.75) is 96.3 Å². The van der Waals surface area contributed by atoms with Gasteiger partial charge in [0.15, 0.2) is 5.60 Å². The summed E-state index contributed by atoms with van der Waals surface area (Å²) in [6.45, 7) is 13.6. The zero-order valence-electron chi connectivity index (χ0n) is 36.5. The number of amides is 3. The molecule has 3 aliphatic heterocycles. The number of rotatable bonds is 13. The number of nitrogens with zero attached hydrogens (tertiary/aromatic N) is 2. The summed E-state index contributed by atoms with van der Waals surface area (Å²) < 4.78 is 12.9. The summed E-state index contributed by atoms with van der Waals surface area (Å²) in [5.41, 5.74) is 11.8. The third kappa shape index (κ3) is 8.56. The van der Waals surface area contributed by atoms with Crippen molar-refractivity contribution >= 4 is 48.0 Å². The lowest BCUT2D eigenvalue weighted by molar-refractivity contribution is -0.150. The zero-order chi connectivity index (χ0) is 43.6. The van der Waals surface area contributed by atoms with Crippen molar-refractivity contribution in [2.75, 3.05) is 36.2 Å². The second-order valence-electron chi connectivity index (χ2n) is 17.8. The molecule has 320 valence electrons. The fraction of sp³-hybridized carbons (Fsp3) is 0.380. The molecule has 4 aromatic carbocycles. The molecule has 3 heterocycles. The number of aliphatic hydroxyl groups is 1. The van der Waals surface area contributed by atoms with Crippen molar-refractivity contribution in [3.8, 4) is 5.75 Å². The number of fused-ring (bicyclic) bond motifs is 3. The topological polar surface area (TPSA) is 134 Å². The van der Waals surface area contributed by atoms with Gasteiger partial charge in [-0.05, 0) is 111 Å². The number of aliphatic hydroxyl groups excluding tert-OH is 1. The number of nitrogens with two attached hydrogens (primary N) is 1. The van der Waals surface area contributed by atoms with Gasteiger partial charge < -0.3 is 35.4 Å². The number of benzene rings is 4. The molecule has 1 fully saturated rings. The summed E-state index contributed by atoms with van der Waals surface area (Å²) in [4.78, 5) is 47.4. The van der Waals surface area contributed by atoms with E-state index < -0.39 is 19.8 Å². The van der Waals surface area contributed by atoms with E-state index in [9.17, 15) is 14.7 Å². The van der Waals surface area contributed by atoms with E-state index in [2.05, 4.69) is 76.5 Å². The van der Waals surface area contributed by atoms with Crippen LogP contribution in [0.1, 0.15) is 74.0 Å². The molecule has 0 radical (unpaired) electrons. The van der Waals surface area contributed by atoms with Crippen LogP contribution < -0.4 is 25.9 Å². The van der Waals surface area contributed by atoms with Crippen LogP contribution in [-0.2, 0) is 32.9 Å². The number of allylic oxidation sites excluding steroid dienone is 3. The molecule has 1 saturated heterocycles. The molecule has 61 heavy (non-hydrogen) atoms. The predicted octanol–water partition coefficient (Wildman–Crippen LogP) is 8.12. The van der Waals surface area contributed by atoms with Crippen LogP contribution in [-0.4, -0.2) is 68.2 Å². The molecule has 0 unspecified atom stereocenters. The fourth-order valence-corrected chi connectivity index (χ4v) is 13.9. The Bertz CT molecular complexity index is 2340. The van der Waals surface area contributed by atoms with Gasteiger partial charge in [-0.25, -0.2) is 0 Å². The molecule has 4 N–H and O–H groups in total. The van der Waals surface area contributed by atoms with Gasteiger partial charge in [-0.3, -0.25) is 14.4 Å². The van der Waals surface area contributed by atoms with Crippen LogP contribution >= 0.6 is 0 Å². The van der Waals surface area contributed by atoms with E-state index in [4.69, 9.17) is 15.2 Å². The lowest BCUT2D eigenvalue weighted by atomic mass is 9.82. The van der Waals surface area contributed by atoms with Gasteiger partial charge in [0.25, 0.3) is 11.8 Å². The van der Waals surface area contributed by atoms with Crippen molar-refractivity contribution in [1.82, 2.24) is 4.90 Å². The zero-order valence-corrected chi connectivity index (χ0v) is 37.5. The molecule has 0 aliphatic carbocycles. The molecule has 1 spiro atoms. The van der Waals surface area contributed by atoms with Gasteiger partial charge in [-0.2, -0.15) is 0 Å². The van der Waals surface area contributed by atoms with Crippen LogP contribution in [0.25, 0.3) is 0 Å². The normalized spacial score (nSPS) is 22.2. The Balaban J connectivity index is 1.31. The smallest absolute Gasteiger partial charge is 0.264 e. The van der Waals surface area contributed by atoms with Crippen molar-refractivity contribution in [2.24, 2.45) is 5.92 Å². The molecule has 3 amide bonds. The summed E-state index contributed by atoms with van der Waals surface area (Å²) in [6.07, 6.45) is 6.10. The van der Waals surface area contributed by atoms with Crippen LogP contribution in [0.4, 0.5) is 17.1 Å². The average Bonchev–Trinajstić information content (AvgIpc) is 3.67. The van der Waals surface area contributed by atoms with Gasteiger partial charge in [0.1, 0.15) is 5.75 Å².